The molecule has 0 spiro atoms. The van der Waals surface area contributed by atoms with Crippen LogP contribution in [-0.4, -0.2) is 30.1 Å². The summed E-state index contributed by atoms with van der Waals surface area (Å²) in [6.45, 7) is 4.38. The van der Waals surface area contributed by atoms with Gasteiger partial charge in [-0.25, -0.2) is 13.1 Å². The van der Waals surface area contributed by atoms with Crippen LogP contribution in [-0.2, 0) is 22.9 Å². The van der Waals surface area contributed by atoms with Gasteiger partial charge in [-0.3, -0.25) is 10.1 Å². The van der Waals surface area contributed by atoms with Crippen molar-refractivity contribution in [1.82, 2.24) is 19.9 Å². The Morgan fingerprint density at radius 1 is 1.00 bits per heavy atom. The smallest absolute Gasteiger partial charge is 0.240 e. The Hall–Kier alpha value is -2.81. The van der Waals surface area contributed by atoms with Gasteiger partial charge in [0.15, 0.2) is 0 Å². The standard InChI is InChI=1S/C26H30N4O2S2/c1-3-4-5-9-20-12-14-21(15-13-20)34(31,32)27-17-16-22-25(23-10-6-8-19(2)28-23)29-30-26(22)24-11-7-18-33-24/h6-8,10-15,18,27H,3-5,9,16-17H2,1-2H3,(H,29,30). The SMILES string of the molecule is CCCCCc1ccc(S(=O)(=O)NCCc2c(-c3cccs3)n[nH]c2-c2cccc(C)n2)cc1. The van der Waals surface area contributed by atoms with Crippen molar-refractivity contribution in [3.05, 3.63) is 76.8 Å². The van der Waals surface area contributed by atoms with E-state index in [9.17, 15) is 8.42 Å². The Balaban J connectivity index is 1.50. The van der Waals surface area contributed by atoms with Crippen molar-refractivity contribution in [2.75, 3.05) is 6.54 Å². The Labute approximate surface area is 205 Å². The van der Waals surface area contributed by atoms with E-state index >= 15 is 0 Å². The Bertz CT molecular complexity index is 1310. The molecule has 0 atom stereocenters. The fourth-order valence-corrected chi connectivity index (χ4v) is 5.70. The lowest BCUT2D eigenvalue weighted by atomic mass is 10.1. The zero-order chi connectivity index (χ0) is 24.0. The summed E-state index contributed by atoms with van der Waals surface area (Å²) in [6.07, 6.45) is 4.94. The predicted octanol–water partition coefficient (Wildman–Crippen LogP) is 5.76. The monoisotopic (exact) mass is 494 g/mol. The van der Waals surface area contributed by atoms with Gasteiger partial charge in [0.1, 0.15) is 5.69 Å². The molecule has 178 valence electrons. The van der Waals surface area contributed by atoms with Gasteiger partial charge in [-0.1, -0.05) is 44.0 Å². The lowest BCUT2D eigenvalue weighted by Gasteiger charge is -2.09. The van der Waals surface area contributed by atoms with Crippen LogP contribution in [0.25, 0.3) is 22.0 Å². The van der Waals surface area contributed by atoms with Crippen LogP contribution >= 0.6 is 11.3 Å². The molecule has 0 saturated carbocycles. The van der Waals surface area contributed by atoms with E-state index in [1.807, 2.05) is 54.8 Å². The first-order valence-electron chi connectivity index (χ1n) is 11.6. The number of aromatic amines is 1. The first-order chi connectivity index (χ1) is 16.5. The lowest BCUT2D eigenvalue weighted by molar-refractivity contribution is 0.581. The van der Waals surface area contributed by atoms with Crippen molar-refractivity contribution in [2.45, 2.75) is 50.8 Å². The van der Waals surface area contributed by atoms with Gasteiger partial charge in [-0.05, 0) is 67.5 Å². The molecule has 3 aromatic heterocycles. The molecule has 4 aromatic rings. The largest absolute Gasteiger partial charge is 0.275 e. The van der Waals surface area contributed by atoms with Crippen LogP contribution in [0.15, 0.2) is 64.9 Å². The van der Waals surface area contributed by atoms with Crippen molar-refractivity contribution in [3.63, 3.8) is 0 Å². The van der Waals surface area contributed by atoms with Crippen LogP contribution in [0.2, 0.25) is 0 Å². The van der Waals surface area contributed by atoms with Crippen molar-refractivity contribution in [2.24, 2.45) is 0 Å². The first kappa shape index (κ1) is 24.3. The molecule has 0 aliphatic rings. The summed E-state index contributed by atoms with van der Waals surface area (Å²) in [6, 6.07) is 17.1. The number of aromatic nitrogens is 3. The second kappa shape index (κ2) is 11.1. The molecular formula is C26H30N4O2S2. The molecule has 2 N–H and O–H groups in total. The van der Waals surface area contributed by atoms with E-state index in [-0.39, 0.29) is 11.4 Å². The highest BCUT2D eigenvalue weighted by molar-refractivity contribution is 7.89. The third-order valence-corrected chi connectivity index (χ3v) is 8.09. The molecule has 0 fully saturated rings. The molecule has 0 saturated heterocycles. The normalized spacial score (nSPS) is 11.7. The van der Waals surface area contributed by atoms with E-state index in [0.717, 1.165) is 46.1 Å². The van der Waals surface area contributed by atoms with Crippen LogP contribution < -0.4 is 4.72 Å². The van der Waals surface area contributed by atoms with Crippen LogP contribution in [0.4, 0.5) is 0 Å². The summed E-state index contributed by atoms with van der Waals surface area (Å²) in [5.41, 5.74) is 5.49. The molecule has 8 heteroatoms. The number of thiophene rings is 1. The third-order valence-electron chi connectivity index (χ3n) is 5.74. The van der Waals surface area contributed by atoms with Crippen LogP contribution in [0, 0.1) is 6.92 Å². The van der Waals surface area contributed by atoms with E-state index in [1.165, 1.54) is 18.4 Å². The summed E-state index contributed by atoms with van der Waals surface area (Å²) in [5.74, 6) is 0. The minimum absolute atomic E-state index is 0.261. The molecule has 0 aliphatic carbocycles. The van der Waals surface area contributed by atoms with Crippen LogP contribution in [0.5, 0.6) is 0 Å². The molecular weight excluding hydrogens is 464 g/mol. The summed E-state index contributed by atoms with van der Waals surface area (Å²) < 4.78 is 28.6. The fraction of sp³-hybridized carbons (Fsp3) is 0.308. The summed E-state index contributed by atoms with van der Waals surface area (Å²) >= 11 is 1.60. The zero-order valence-electron chi connectivity index (χ0n) is 19.5. The van der Waals surface area contributed by atoms with E-state index < -0.39 is 10.0 Å². The molecule has 0 unspecified atom stereocenters. The average Bonchev–Trinajstić information content (AvgIpc) is 3.50. The average molecular weight is 495 g/mol. The number of benzene rings is 1. The van der Waals surface area contributed by atoms with Crippen molar-refractivity contribution in [3.8, 4) is 22.0 Å². The number of hydrogen-bond donors (Lipinski definition) is 2. The highest BCUT2D eigenvalue weighted by Crippen LogP contribution is 2.32. The fourth-order valence-electron chi connectivity index (χ4n) is 3.93. The topological polar surface area (TPSA) is 87.7 Å². The van der Waals surface area contributed by atoms with Crippen molar-refractivity contribution >= 4 is 21.4 Å². The maximum atomic E-state index is 12.9. The van der Waals surface area contributed by atoms with E-state index in [1.54, 1.807) is 23.5 Å². The van der Waals surface area contributed by atoms with Gasteiger partial charge in [0.05, 0.1) is 21.2 Å². The maximum absolute atomic E-state index is 12.9. The molecule has 4 rings (SSSR count). The molecule has 0 radical (unpaired) electrons. The highest BCUT2D eigenvalue weighted by Gasteiger charge is 2.19. The van der Waals surface area contributed by atoms with Gasteiger partial charge in [-0.2, -0.15) is 5.10 Å². The summed E-state index contributed by atoms with van der Waals surface area (Å²) in [5, 5.41) is 9.68. The first-order valence-corrected chi connectivity index (χ1v) is 14.0. The minimum Gasteiger partial charge on any atom is -0.275 e. The minimum atomic E-state index is -3.60. The van der Waals surface area contributed by atoms with Gasteiger partial charge < -0.3 is 0 Å². The van der Waals surface area contributed by atoms with Gasteiger partial charge in [0.25, 0.3) is 0 Å². The molecule has 1 aromatic carbocycles. The van der Waals surface area contributed by atoms with Crippen LogP contribution in [0.1, 0.15) is 43.0 Å². The number of sulfonamides is 1. The van der Waals surface area contributed by atoms with E-state index in [0.29, 0.717) is 6.42 Å². The highest BCUT2D eigenvalue weighted by atomic mass is 32.2. The lowest BCUT2D eigenvalue weighted by Crippen LogP contribution is -2.26. The number of hydrogen-bond acceptors (Lipinski definition) is 5. The zero-order valence-corrected chi connectivity index (χ0v) is 21.2. The number of aryl methyl sites for hydroxylation is 2. The number of nitrogens with one attached hydrogen (secondary N) is 2. The summed E-state index contributed by atoms with van der Waals surface area (Å²) in [4.78, 5) is 5.96. The maximum Gasteiger partial charge on any atom is 0.240 e. The Kier molecular flexibility index (Phi) is 7.92. The molecule has 34 heavy (non-hydrogen) atoms. The molecule has 0 aliphatic heterocycles. The van der Waals surface area contributed by atoms with Gasteiger partial charge in [0.2, 0.25) is 10.0 Å². The van der Waals surface area contributed by atoms with Gasteiger partial charge >= 0.3 is 0 Å². The number of H-pyrrole nitrogens is 1. The molecule has 0 bridgehead atoms. The van der Waals surface area contributed by atoms with E-state index in [4.69, 9.17) is 0 Å². The number of unbranched alkanes of at least 4 members (excludes halogenated alkanes) is 2. The van der Waals surface area contributed by atoms with Crippen molar-refractivity contribution < 1.29 is 8.42 Å². The Morgan fingerprint density at radius 3 is 2.53 bits per heavy atom. The Morgan fingerprint density at radius 2 is 1.82 bits per heavy atom. The van der Waals surface area contributed by atoms with Crippen LogP contribution in [0.3, 0.4) is 0 Å². The predicted molar refractivity (Wildman–Crippen MR) is 138 cm³/mol. The van der Waals surface area contributed by atoms with Gasteiger partial charge in [-0.15, -0.1) is 11.3 Å². The third kappa shape index (κ3) is 5.81. The van der Waals surface area contributed by atoms with Gasteiger partial charge in [0, 0.05) is 17.8 Å². The summed E-state index contributed by atoms with van der Waals surface area (Å²) in [7, 11) is -3.60. The number of pyridine rings is 1. The second-order valence-electron chi connectivity index (χ2n) is 8.32. The van der Waals surface area contributed by atoms with E-state index in [2.05, 4.69) is 26.8 Å². The molecule has 6 nitrogen and oxygen atoms in total. The van der Waals surface area contributed by atoms with Crippen molar-refractivity contribution in [1.29, 1.82) is 0 Å². The molecule has 3 heterocycles. The number of nitrogens with zero attached hydrogens (tertiary/aromatic N) is 2. The quantitative estimate of drug-likeness (QED) is 0.259. The molecule has 0 amide bonds. The second-order valence-corrected chi connectivity index (χ2v) is 11.0. The number of rotatable bonds is 11.